The SMILES string of the molecule is COc1cc(C)c(S(=O)(=O)NCNNCCCC(N)C(=O)c2nccs2)c(C)c1C. The van der Waals surface area contributed by atoms with E-state index >= 15 is 0 Å². The number of hydrazine groups is 1. The van der Waals surface area contributed by atoms with Crippen LogP contribution in [-0.4, -0.2) is 45.6 Å². The molecule has 0 fully saturated rings. The molecule has 2 aromatic rings. The molecule has 5 N–H and O–H groups in total. The number of nitrogens with two attached hydrogens (primary N) is 1. The second-order valence-electron chi connectivity index (χ2n) is 6.85. The number of methoxy groups -OCH3 is 1. The predicted octanol–water partition coefficient (Wildman–Crippen LogP) is 1.40. The normalized spacial score (nSPS) is 12.7. The fraction of sp³-hybridized carbons (Fsp3) is 0.474. The zero-order chi connectivity index (χ0) is 22.3. The summed E-state index contributed by atoms with van der Waals surface area (Å²) in [6.45, 7) is 5.87. The molecule has 9 nitrogen and oxygen atoms in total. The first kappa shape index (κ1) is 24.4. The number of sulfonamides is 1. The lowest BCUT2D eigenvalue weighted by atomic mass is 10.1. The number of carbonyl (C=O) groups excluding carboxylic acids is 1. The Labute approximate surface area is 181 Å². The van der Waals surface area contributed by atoms with Gasteiger partial charge in [-0.25, -0.2) is 18.8 Å². The molecule has 0 saturated carbocycles. The van der Waals surface area contributed by atoms with Gasteiger partial charge in [0.05, 0.1) is 24.7 Å². The number of aryl methyl sites for hydroxylation is 1. The largest absolute Gasteiger partial charge is 0.496 e. The summed E-state index contributed by atoms with van der Waals surface area (Å²) in [6, 6.07) is 1.12. The fourth-order valence-corrected chi connectivity index (χ4v) is 5.13. The molecule has 0 spiro atoms. The number of hydrogen-bond donors (Lipinski definition) is 4. The summed E-state index contributed by atoms with van der Waals surface area (Å²) in [5.41, 5.74) is 13.7. The molecule has 0 saturated heterocycles. The zero-order valence-electron chi connectivity index (χ0n) is 17.6. The van der Waals surface area contributed by atoms with Crippen LogP contribution in [0.25, 0.3) is 0 Å². The minimum Gasteiger partial charge on any atom is -0.496 e. The third-order valence-electron chi connectivity index (χ3n) is 4.74. The number of benzene rings is 1. The number of aromatic nitrogens is 1. The second kappa shape index (κ2) is 10.9. The standard InChI is InChI=1S/C19H29N5O4S2/c1-12-10-16(28-4)13(2)14(3)18(12)30(26,27)24-11-23-22-7-5-6-15(20)17(25)19-21-8-9-29-19/h8-10,15,22-24H,5-7,11,20H2,1-4H3. The number of ether oxygens (including phenoxy) is 1. The molecule has 0 aliphatic carbocycles. The summed E-state index contributed by atoms with van der Waals surface area (Å²) in [6.07, 6.45) is 2.73. The minimum absolute atomic E-state index is 0.0103. The average Bonchev–Trinajstić information content (AvgIpc) is 3.23. The van der Waals surface area contributed by atoms with Gasteiger partial charge < -0.3 is 10.5 Å². The molecule has 1 unspecified atom stereocenters. The summed E-state index contributed by atoms with van der Waals surface area (Å²) in [4.78, 5) is 16.3. The first-order valence-electron chi connectivity index (χ1n) is 9.48. The molecular weight excluding hydrogens is 426 g/mol. The molecule has 0 bridgehead atoms. The van der Waals surface area contributed by atoms with Gasteiger partial charge >= 0.3 is 0 Å². The van der Waals surface area contributed by atoms with Crippen molar-refractivity contribution >= 4 is 27.1 Å². The van der Waals surface area contributed by atoms with Gasteiger partial charge in [-0.05, 0) is 56.4 Å². The molecule has 1 heterocycles. The smallest absolute Gasteiger partial charge is 0.242 e. The van der Waals surface area contributed by atoms with Gasteiger partial charge in [0.2, 0.25) is 15.8 Å². The highest BCUT2D eigenvalue weighted by Crippen LogP contribution is 2.30. The Bertz CT molecular complexity index is 962. The fourth-order valence-electron chi connectivity index (χ4n) is 3.05. The number of nitrogens with zero attached hydrogens (tertiary/aromatic N) is 1. The van der Waals surface area contributed by atoms with E-state index in [4.69, 9.17) is 10.5 Å². The first-order valence-corrected chi connectivity index (χ1v) is 11.8. The molecule has 1 aromatic carbocycles. The van der Waals surface area contributed by atoms with Crippen LogP contribution in [0.4, 0.5) is 0 Å². The van der Waals surface area contributed by atoms with E-state index < -0.39 is 16.1 Å². The van der Waals surface area contributed by atoms with E-state index in [1.54, 1.807) is 38.6 Å². The van der Waals surface area contributed by atoms with Crippen molar-refractivity contribution in [3.8, 4) is 5.75 Å². The van der Waals surface area contributed by atoms with E-state index in [0.717, 1.165) is 5.56 Å². The molecule has 11 heteroatoms. The number of ketones is 1. The van der Waals surface area contributed by atoms with Gasteiger partial charge in [0, 0.05) is 18.1 Å². The minimum atomic E-state index is -3.69. The van der Waals surface area contributed by atoms with Gasteiger partial charge in [0.15, 0.2) is 5.01 Å². The number of carbonyl (C=O) groups is 1. The maximum Gasteiger partial charge on any atom is 0.242 e. The topological polar surface area (TPSA) is 135 Å². The molecular formula is C19H29N5O4S2. The van der Waals surface area contributed by atoms with Gasteiger partial charge in [0.25, 0.3) is 0 Å². The van der Waals surface area contributed by atoms with E-state index in [-0.39, 0.29) is 17.3 Å². The van der Waals surface area contributed by atoms with Crippen molar-refractivity contribution in [1.29, 1.82) is 0 Å². The summed E-state index contributed by atoms with van der Waals surface area (Å²) in [7, 11) is -2.13. The Hall–Kier alpha value is -1.89. The van der Waals surface area contributed by atoms with E-state index in [9.17, 15) is 13.2 Å². The van der Waals surface area contributed by atoms with Crippen molar-refractivity contribution in [3.63, 3.8) is 0 Å². The van der Waals surface area contributed by atoms with Gasteiger partial charge in [-0.1, -0.05) is 0 Å². The Morgan fingerprint density at radius 1 is 1.27 bits per heavy atom. The number of hydrogen-bond acceptors (Lipinski definition) is 9. The lowest BCUT2D eigenvalue weighted by Gasteiger charge is -2.17. The molecule has 30 heavy (non-hydrogen) atoms. The van der Waals surface area contributed by atoms with Gasteiger partial charge in [-0.3, -0.25) is 10.2 Å². The third-order valence-corrected chi connectivity index (χ3v) is 7.22. The molecule has 2 rings (SSSR count). The summed E-state index contributed by atoms with van der Waals surface area (Å²) in [5.74, 6) is 0.501. The lowest BCUT2D eigenvalue weighted by molar-refractivity contribution is 0.0955. The third kappa shape index (κ3) is 6.06. The molecule has 0 amide bonds. The van der Waals surface area contributed by atoms with Crippen LogP contribution in [0.15, 0.2) is 22.5 Å². The van der Waals surface area contributed by atoms with Crippen molar-refractivity contribution in [3.05, 3.63) is 39.3 Å². The number of nitrogens with one attached hydrogen (secondary N) is 3. The lowest BCUT2D eigenvalue weighted by Crippen LogP contribution is -2.42. The Morgan fingerprint density at radius 2 is 2.00 bits per heavy atom. The van der Waals surface area contributed by atoms with Crippen LogP contribution < -0.4 is 26.0 Å². The molecule has 0 radical (unpaired) electrons. The highest BCUT2D eigenvalue weighted by atomic mass is 32.2. The van der Waals surface area contributed by atoms with Crippen LogP contribution in [0.3, 0.4) is 0 Å². The van der Waals surface area contributed by atoms with Crippen molar-refractivity contribution in [1.82, 2.24) is 20.6 Å². The van der Waals surface area contributed by atoms with E-state index in [2.05, 4.69) is 20.6 Å². The number of rotatable bonds is 12. The Balaban J connectivity index is 1.76. The predicted molar refractivity (Wildman–Crippen MR) is 117 cm³/mol. The molecule has 0 aliphatic heterocycles. The maximum absolute atomic E-state index is 12.7. The Kier molecular flexibility index (Phi) is 8.89. The molecule has 0 aliphatic rings. The first-order chi connectivity index (χ1) is 14.2. The summed E-state index contributed by atoms with van der Waals surface area (Å²) in [5, 5.41) is 2.16. The van der Waals surface area contributed by atoms with Crippen LogP contribution in [-0.2, 0) is 10.0 Å². The van der Waals surface area contributed by atoms with Crippen molar-refractivity contribution in [2.45, 2.75) is 44.6 Å². The molecule has 166 valence electrons. The van der Waals surface area contributed by atoms with Crippen LogP contribution in [0.2, 0.25) is 0 Å². The second-order valence-corrected chi connectivity index (χ2v) is 9.45. The van der Waals surface area contributed by atoms with E-state index in [1.165, 1.54) is 11.3 Å². The van der Waals surface area contributed by atoms with E-state index in [1.807, 2.05) is 6.92 Å². The zero-order valence-corrected chi connectivity index (χ0v) is 19.2. The molecule has 1 aromatic heterocycles. The van der Waals surface area contributed by atoms with Crippen molar-refractivity contribution in [2.75, 3.05) is 20.3 Å². The summed E-state index contributed by atoms with van der Waals surface area (Å²) >= 11 is 1.27. The maximum atomic E-state index is 12.7. The van der Waals surface area contributed by atoms with Crippen LogP contribution >= 0.6 is 11.3 Å². The van der Waals surface area contributed by atoms with Crippen LogP contribution in [0, 0.1) is 20.8 Å². The highest BCUT2D eigenvalue weighted by Gasteiger charge is 2.22. The van der Waals surface area contributed by atoms with Gasteiger partial charge in [-0.15, -0.1) is 11.3 Å². The van der Waals surface area contributed by atoms with Gasteiger partial charge in [0.1, 0.15) is 5.75 Å². The van der Waals surface area contributed by atoms with Crippen LogP contribution in [0.1, 0.15) is 39.3 Å². The number of Topliss-reactive ketones (excluding diaryl/α,β-unsaturated/α-hetero) is 1. The van der Waals surface area contributed by atoms with Gasteiger partial charge in [-0.2, -0.15) is 4.72 Å². The van der Waals surface area contributed by atoms with E-state index in [0.29, 0.717) is 41.3 Å². The highest BCUT2D eigenvalue weighted by molar-refractivity contribution is 7.89. The Morgan fingerprint density at radius 3 is 2.63 bits per heavy atom. The number of thiazole rings is 1. The summed E-state index contributed by atoms with van der Waals surface area (Å²) < 4.78 is 33.2. The average molecular weight is 456 g/mol. The van der Waals surface area contributed by atoms with Crippen LogP contribution in [0.5, 0.6) is 5.75 Å². The molecule has 1 atom stereocenters. The van der Waals surface area contributed by atoms with Crippen molar-refractivity contribution < 1.29 is 17.9 Å². The quantitative estimate of drug-likeness (QED) is 0.163. The monoisotopic (exact) mass is 455 g/mol. The van der Waals surface area contributed by atoms with Crippen molar-refractivity contribution in [2.24, 2.45) is 5.73 Å².